The highest BCUT2D eigenvalue weighted by Gasteiger charge is 2.28. The molecule has 0 bridgehead atoms. The van der Waals surface area contributed by atoms with Crippen molar-refractivity contribution in [3.05, 3.63) is 35.4 Å². The molecule has 0 aromatic heterocycles. The van der Waals surface area contributed by atoms with Gasteiger partial charge in [-0.3, -0.25) is 9.69 Å². The molecule has 1 saturated heterocycles. The molecule has 1 N–H and O–H groups in total. The first-order valence-electron chi connectivity index (χ1n) is 6.40. The lowest BCUT2D eigenvalue weighted by molar-refractivity contribution is 0.0453. The number of piperidine rings is 1. The van der Waals surface area contributed by atoms with E-state index in [1.54, 1.807) is 6.92 Å². The number of aliphatic hydroxyl groups is 1. The van der Waals surface area contributed by atoms with Gasteiger partial charge in [-0.25, -0.2) is 8.78 Å². The smallest absolute Gasteiger partial charge is 0.182 e. The zero-order chi connectivity index (χ0) is 14.0. The van der Waals surface area contributed by atoms with Crippen molar-refractivity contribution in [1.29, 1.82) is 0 Å². The van der Waals surface area contributed by atoms with Crippen LogP contribution in [0.3, 0.4) is 0 Å². The Hall–Kier alpha value is -1.33. The van der Waals surface area contributed by atoms with Crippen LogP contribution in [0.4, 0.5) is 8.78 Å². The molecule has 3 nitrogen and oxygen atoms in total. The number of Topliss-reactive ketones (excluding diaryl/α,β-unsaturated/α-hetero) is 1. The van der Waals surface area contributed by atoms with Crippen molar-refractivity contribution in [2.45, 2.75) is 31.9 Å². The highest BCUT2D eigenvalue weighted by Crippen LogP contribution is 2.18. The van der Waals surface area contributed by atoms with Gasteiger partial charge < -0.3 is 5.11 Å². The Balaban J connectivity index is 2.14. The number of rotatable bonds is 3. The van der Waals surface area contributed by atoms with Gasteiger partial charge in [-0.05, 0) is 38.4 Å². The van der Waals surface area contributed by atoms with E-state index in [2.05, 4.69) is 0 Å². The lowest BCUT2D eigenvalue weighted by Crippen LogP contribution is -2.46. The van der Waals surface area contributed by atoms with Gasteiger partial charge in [0, 0.05) is 12.6 Å². The summed E-state index contributed by atoms with van der Waals surface area (Å²) in [4.78, 5) is 14.0. The second-order valence-electron chi connectivity index (χ2n) is 4.96. The number of ketones is 1. The Morgan fingerprint density at radius 1 is 1.47 bits per heavy atom. The van der Waals surface area contributed by atoms with Gasteiger partial charge in [-0.1, -0.05) is 0 Å². The maximum Gasteiger partial charge on any atom is 0.182 e. The molecule has 1 aliphatic rings. The minimum Gasteiger partial charge on any atom is -0.392 e. The van der Waals surface area contributed by atoms with Crippen LogP contribution in [-0.2, 0) is 0 Å². The standard InChI is InChI=1S/C14H17F2NO2/c1-9(17-6-2-3-11(18)8-17)14(19)12-5-4-10(15)7-13(12)16/h4-5,7,9,11,18H,2-3,6,8H2,1H3. The van der Waals surface area contributed by atoms with Crippen LogP contribution < -0.4 is 0 Å². The van der Waals surface area contributed by atoms with Gasteiger partial charge >= 0.3 is 0 Å². The number of likely N-dealkylation sites (tertiary alicyclic amines) is 1. The van der Waals surface area contributed by atoms with Crippen molar-refractivity contribution in [1.82, 2.24) is 4.90 Å². The van der Waals surface area contributed by atoms with Gasteiger partial charge in [0.25, 0.3) is 0 Å². The quantitative estimate of drug-likeness (QED) is 0.853. The molecule has 0 spiro atoms. The lowest BCUT2D eigenvalue weighted by atomic mass is 10.00. The Kier molecular flexibility index (Phi) is 4.27. The monoisotopic (exact) mass is 269 g/mol. The van der Waals surface area contributed by atoms with Crippen molar-refractivity contribution in [3.8, 4) is 0 Å². The van der Waals surface area contributed by atoms with Crippen LogP contribution in [0.2, 0.25) is 0 Å². The second-order valence-corrected chi connectivity index (χ2v) is 4.96. The minimum absolute atomic E-state index is 0.103. The number of aliphatic hydroxyl groups excluding tert-OH is 1. The number of benzene rings is 1. The summed E-state index contributed by atoms with van der Waals surface area (Å²) in [6.45, 7) is 2.80. The zero-order valence-electron chi connectivity index (χ0n) is 10.8. The predicted octanol–water partition coefficient (Wildman–Crippen LogP) is 1.99. The van der Waals surface area contributed by atoms with E-state index in [-0.39, 0.29) is 11.3 Å². The topological polar surface area (TPSA) is 40.5 Å². The largest absolute Gasteiger partial charge is 0.392 e. The van der Waals surface area contributed by atoms with Gasteiger partial charge in [-0.15, -0.1) is 0 Å². The zero-order valence-corrected chi connectivity index (χ0v) is 10.8. The third kappa shape index (κ3) is 3.16. The van der Waals surface area contributed by atoms with Crippen LogP contribution in [0.1, 0.15) is 30.1 Å². The average molecular weight is 269 g/mol. The van der Waals surface area contributed by atoms with Crippen LogP contribution in [0.5, 0.6) is 0 Å². The third-order valence-corrected chi connectivity index (χ3v) is 3.55. The van der Waals surface area contributed by atoms with E-state index in [1.165, 1.54) is 6.07 Å². The van der Waals surface area contributed by atoms with Crippen LogP contribution in [0, 0.1) is 11.6 Å². The van der Waals surface area contributed by atoms with Crippen LogP contribution in [-0.4, -0.2) is 41.0 Å². The molecule has 2 atom stereocenters. The van der Waals surface area contributed by atoms with Crippen molar-refractivity contribution in [2.75, 3.05) is 13.1 Å². The first-order chi connectivity index (χ1) is 8.99. The van der Waals surface area contributed by atoms with Crippen molar-refractivity contribution in [3.63, 3.8) is 0 Å². The highest BCUT2D eigenvalue weighted by molar-refractivity contribution is 6.00. The molecule has 5 heteroatoms. The van der Waals surface area contributed by atoms with E-state index < -0.39 is 23.8 Å². The van der Waals surface area contributed by atoms with Crippen molar-refractivity contribution >= 4 is 5.78 Å². The second kappa shape index (κ2) is 5.75. The van der Waals surface area contributed by atoms with E-state index in [9.17, 15) is 18.7 Å². The third-order valence-electron chi connectivity index (χ3n) is 3.55. The fourth-order valence-electron chi connectivity index (χ4n) is 2.42. The average Bonchev–Trinajstić information content (AvgIpc) is 2.37. The molecular formula is C14H17F2NO2. The van der Waals surface area contributed by atoms with Crippen LogP contribution in [0.15, 0.2) is 18.2 Å². The molecule has 0 saturated carbocycles. The summed E-state index contributed by atoms with van der Waals surface area (Å²) < 4.78 is 26.4. The number of nitrogens with zero attached hydrogens (tertiary/aromatic N) is 1. The molecule has 104 valence electrons. The van der Waals surface area contributed by atoms with Crippen LogP contribution >= 0.6 is 0 Å². The molecule has 1 heterocycles. The summed E-state index contributed by atoms with van der Waals surface area (Å²) in [5.41, 5.74) is -0.103. The maximum atomic E-state index is 13.6. The van der Waals surface area contributed by atoms with E-state index in [0.717, 1.165) is 18.9 Å². The summed E-state index contributed by atoms with van der Waals surface area (Å²) in [6, 6.07) is 2.44. The number of hydrogen-bond donors (Lipinski definition) is 1. The molecular weight excluding hydrogens is 252 g/mol. The number of β-amino-alcohol motifs (C(OH)–C–C–N with tert-alkyl or cyclic N) is 1. The van der Waals surface area contributed by atoms with Gasteiger partial charge in [0.1, 0.15) is 11.6 Å². The molecule has 0 aliphatic carbocycles. The lowest BCUT2D eigenvalue weighted by Gasteiger charge is -2.34. The first kappa shape index (κ1) is 14.1. The van der Waals surface area contributed by atoms with Gasteiger partial charge in [0.05, 0.1) is 17.7 Å². The molecule has 2 unspecified atom stereocenters. The van der Waals surface area contributed by atoms with E-state index in [0.29, 0.717) is 19.2 Å². The van der Waals surface area contributed by atoms with E-state index in [1.807, 2.05) is 4.90 Å². The first-order valence-corrected chi connectivity index (χ1v) is 6.40. The van der Waals surface area contributed by atoms with Gasteiger partial charge in [-0.2, -0.15) is 0 Å². The summed E-state index contributed by atoms with van der Waals surface area (Å²) in [7, 11) is 0. The SMILES string of the molecule is CC(C(=O)c1ccc(F)cc1F)N1CCCC(O)C1. The molecule has 2 rings (SSSR count). The van der Waals surface area contributed by atoms with Gasteiger partial charge in [0.15, 0.2) is 5.78 Å². The summed E-state index contributed by atoms with van der Waals surface area (Å²) in [6.07, 6.45) is 1.09. The molecule has 19 heavy (non-hydrogen) atoms. The van der Waals surface area contributed by atoms with Gasteiger partial charge in [0.2, 0.25) is 0 Å². The Bertz CT molecular complexity index is 479. The molecule has 1 aromatic rings. The number of carbonyl (C=O) groups is 1. The Morgan fingerprint density at radius 2 is 2.21 bits per heavy atom. The van der Waals surface area contributed by atoms with Crippen molar-refractivity contribution in [2.24, 2.45) is 0 Å². The molecule has 0 amide bonds. The predicted molar refractivity (Wildman–Crippen MR) is 67.0 cm³/mol. The number of hydrogen-bond acceptors (Lipinski definition) is 3. The number of halogens is 2. The molecule has 0 radical (unpaired) electrons. The Morgan fingerprint density at radius 3 is 2.84 bits per heavy atom. The summed E-state index contributed by atoms with van der Waals surface area (Å²) >= 11 is 0. The Labute approximate surface area is 110 Å². The highest BCUT2D eigenvalue weighted by atomic mass is 19.1. The van der Waals surface area contributed by atoms with Crippen molar-refractivity contribution < 1.29 is 18.7 Å². The minimum atomic E-state index is -0.839. The fourth-order valence-corrected chi connectivity index (χ4v) is 2.42. The van der Waals surface area contributed by atoms with E-state index in [4.69, 9.17) is 0 Å². The number of carbonyl (C=O) groups excluding carboxylic acids is 1. The molecule has 1 aliphatic heterocycles. The summed E-state index contributed by atoms with van der Waals surface area (Å²) in [5, 5.41) is 9.60. The maximum absolute atomic E-state index is 13.6. The molecule has 1 fully saturated rings. The van der Waals surface area contributed by atoms with Crippen LogP contribution in [0.25, 0.3) is 0 Å². The van der Waals surface area contributed by atoms with E-state index >= 15 is 0 Å². The normalized spacial score (nSPS) is 22.2. The molecule has 1 aromatic carbocycles. The summed E-state index contributed by atoms with van der Waals surface area (Å²) in [5.74, 6) is -1.92. The fraction of sp³-hybridized carbons (Fsp3) is 0.500.